The molecule has 0 saturated heterocycles. The van der Waals surface area contributed by atoms with Crippen molar-refractivity contribution in [1.29, 1.82) is 0 Å². The summed E-state index contributed by atoms with van der Waals surface area (Å²) in [5, 5.41) is 2.85. The SMILES string of the molecule is CCOC(CN)CC(=O)NCc1ccc(Br)s1. The molecule has 1 heterocycles. The Morgan fingerprint density at radius 3 is 2.94 bits per heavy atom. The van der Waals surface area contributed by atoms with E-state index in [-0.39, 0.29) is 12.0 Å². The number of rotatable bonds is 7. The maximum absolute atomic E-state index is 11.6. The van der Waals surface area contributed by atoms with Gasteiger partial charge >= 0.3 is 0 Å². The van der Waals surface area contributed by atoms with Crippen molar-refractivity contribution in [2.75, 3.05) is 13.2 Å². The number of ether oxygens (including phenoxy) is 1. The van der Waals surface area contributed by atoms with Crippen molar-refractivity contribution >= 4 is 33.2 Å². The summed E-state index contributed by atoms with van der Waals surface area (Å²) in [7, 11) is 0. The molecule has 96 valence electrons. The fourth-order valence-electron chi connectivity index (χ4n) is 1.36. The second-order valence-corrected chi connectivity index (χ2v) is 6.05. The highest BCUT2D eigenvalue weighted by Gasteiger charge is 2.12. The number of hydrogen-bond donors (Lipinski definition) is 2. The van der Waals surface area contributed by atoms with Crippen LogP contribution in [-0.4, -0.2) is 25.2 Å². The zero-order valence-electron chi connectivity index (χ0n) is 9.74. The number of carbonyl (C=O) groups is 1. The third-order valence-corrected chi connectivity index (χ3v) is 3.79. The number of nitrogens with two attached hydrogens (primary N) is 1. The van der Waals surface area contributed by atoms with E-state index in [2.05, 4.69) is 21.2 Å². The molecule has 0 aliphatic heterocycles. The molecule has 0 radical (unpaired) electrons. The molecule has 0 aliphatic rings. The van der Waals surface area contributed by atoms with E-state index in [9.17, 15) is 4.79 Å². The zero-order valence-corrected chi connectivity index (χ0v) is 12.1. The van der Waals surface area contributed by atoms with Gasteiger partial charge in [0.05, 0.1) is 22.9 Å². The predicted octanol–water partition coefficient (Wildman–Crippen LogP) is 1.88. The second-order valence-electron chi connectivity index (χ2n) is 3.50. The van der Waals surface area contributed by atoms with Gasteiger partial charge in [0, 0.05) is 18.0 Å². The molecule has 1 unspecified atom stereocenters. The van der Waals surface area contributed by atoms with Gasteiger partial charge in [0.1, 0.15) is 0 Å². The summed E-state index contributed by atoms with van der Waals surface area (Å²) in [6.07, 6.45) is 0.131. The first-order valence-corrected chi connectivity index (χ1v) is 7.09. The van der Waals surface area contributed by atoms with Crippen LogP contribution in [0.15, 0.2) is 15.9 Å². The lowest BCUT2D eigenvalue weighted by atomic mass is 10.2. The molecule has 1 amide bonds. The first kappa shape index (κ1) is 14.6. The van der Waals surface area contributed by atoms with Crippen LogP contribution < -0.4 is 11.1 Å². The van der Waals surface area contributed by atoms with Gasteiger partial charge in [-0.05, 0) is 35.0 Å². The Morgan fingerprint density at radius 2 is 2.41 bits per heavy atom. The van der Waals surface area contributed by atoms with Crippen molar-refractivity contribution in [3.05, 3.63) is 20.8 Å². The Labute approximate surface area is 114 Å². The van der Waals surface area contributed by atoms with Crippen LogP contribution in [0.5, 0.6) is 0 Å². The van der Waals surface area contributed by atoms with E-state index in [1.165, 1.54) is 0 Å². The smallest absolute Gasteiger partial charge is 0.222 e. The number of thiophene rings is 1. The van der Waals surface area contributed by atoms with Gasteiger partial charge in [0.15, 0.2) is 0 Å². The highest BCUT2D eigenvalue weighted by atomic mass is 79.9. The van der Waals surface area contributed by atoms with Gasteiger partial charge < -0.3 is 15.8 Å². The Balaban J connectivity index is 2.29. The minimum Gasteiger partial charge on any atom is -0.377 e. The number of carbonyl (C=O) groups excluding carboxylic acids is 1. The van der Waals surface area contributed by atoms with Crippen LogP contribution >= 0.6 is 27.3 Å². The monoisotopic (exact) mass is 320 g/mol. The van der Waals surface area contributed by atoms with Gasteiger partial charge in [-0.25, -0.2) is 0 Å². The van der Waals surface area contributed by atoms with Crippen molar-refractivity contribution in [3.63, 3.8) is 0 Å². The summed E-state index contributed by atoms with van der Waals surface area (Å²) >= 11 is 4.99. The third-order valence-electron chi connectivity index (χ3n) is 2.17. The van der Waals surface area contributed by atoms with Crippen molar-refractivity contribution in [2.45, 2.75) is 26.0 Å². The molecule has 0 spiro atoms. The lowest BCUT2D eigenvalue weighted by Crippen LogP contribution is -2.32. The summed E-state index contributed by atoms with van der Waals surface area (Å²) in [6, 6.07) is 3.95. The van der Waals surface area contributed by atoms with E-state index in [0.717, 1.165) is 8.66 Å². The van der Waals surface area contributed by atoms with Crippen LogP contribution in [0.4, 0.5) is 0 Å². The van der Waals surface area contributed by atoms with Crippen LogP contribution in [-0.2, 0) is 16.1 Å². The van der Waals surface area contributed by atoms with Gasteiger partial charge in [0.25, 0.3) is 0 Å². The van der Waals surface area contributed by atoms with Crippen LogP contribution in [0.1, 0.15) is 18.2 Å². The first-order chi connectivity index (χ1) is 8.15. The normalized spacial score (nSPS) is 12.4. The van der Waals surface area contributed by atoms with E-state index in [1.807, 2.05) is 19.1 Å². The van der Waals surface area contributed by atoms with Gasteiger partial charge in [-0.2, -0.15) is 0 Å². The molecule has 1 aromatic rings. The van der Waals surface area contributed by atoms with Gasteiger partial charge in [-0.1, -0.05) is 0 Å². The standard InChI is InChI=1S/C11H17BrN2O2S/c1-2-16-8(6-13)5-11(15)14-7-9-3-4-10(12)17-9/h3-4,8H,2,5-7,13H2,1H3,(H,14,15). The van der Waals surface area contributed by atoms with E-state index < -0.39 is 0 Å². The summed E-state index contributed by atoms with van der Waals surface area (Å²) < 4.78 is 6.39. The van der Waals surface area contributed by atoms with Crippen molar-refractivity contribution in [1.82, 2.24) is 5.32 Å². The van der Waals surface area contributed by atoms with Crippen LogP contribution in [0, 0.1) is 0 Å². The molecule has 0 fully saturated rings. The zero-order chi connectivity index (χ0) is 12.7. The van der Waals surface area contributed by atoms with Gasteiger partial charge in [0.2, 0.25) is 5.91 Å². The predicted molar refractivity (Wildman–Crippen MR) is 73.0 cm³/mol. The molecule has 1 aromatic heterocycles. The lowest BCUT2D eigenvalue weighted by Gasteiger charge is -2.14. The Morgan fingerprint density at radius 1 is 1.65 bits per heavy atom. The number of amides is 1. The highest BCUT2D eigenvalue weighted by molar-refractivity contribution is 9.11. The van der Waals surface area contributed by atoms with Crippen LogP contribution in [0.3, 0.4) is 0 Å². The number of halogens is 1. The van der Waals surface area contributed by atoms with Crippen molar-refractivity contribution in [2.24, 2.45) is 5.73 Å². The molecule has 0 bridgehead atoms. The second kappa shape index (κ2) is 7.81. The largest absolute Gasteiger partial charge is 0.377 e. The fourth-order valence-corrected chi connectivity index (χ4v) is 2.78. The number of nitrogens with one attached hydrogen (secondary N) is 1. The average molecular weight is 321 g/mol. The molecule has 17 heavy (non-hydrogen) atoms. The summed E-state index contributed by atoms with van der Waals surface area (Å²) in [6.45, 7) is 3.39. The lowest BCUT2D eigenvalue weighted by molar-refractivity contribution is -0.123. The highest BCUT2D eigenvalue weighted by Crippen LogP contribution is 2.21. The van der Waals surface area contributed by atoms with Crippen molar-refractivity contribution < 1.29 is 9.53 Å². The molecule has 1 rings (SSSR count). The maximum atomic E-state index is 11.6. The molecule has 0 saturated carbocycles. The maximum Gasteiger partial charge on any atom is 0.222 e. The molecule has 6 heteroatoms. The summed E-state index contributed by atoms with van der Waals surface area (Å²) in [5.41, 5.74) is 5.51. The molecular weight excluding hydrogens is 304 g/mol. The van der Waals surface area contributed by atoms with Crippen molar-refractivity contribution in [3.8, 4) is 0 Å². The van der Waals surface area contributed by atoms with Crippen LogP contribution in [0.25, 0.3) is 0 Å². The Bertz CT molecular complexity index is 357. The molecule has 3 N–H and O–H groups in total. The number of hydrogen-bond acceptors (Lipinski definition) is 4. The quantitative estimate of drug-likeness (QED) is 0.806. The first-order valence-electron chi connectivity index (χ1n) is 5.48. The van der Waals surface area contributed by atoms with E-state index in [4.69, 9.17) is 10.5 Å². The molecule has 1 atom stereocenters. The molecular formula is C11H17BrN2O2S. The Hall–Kier alpha value is -0.430. The average Bonchev–Trinajstić information content (AvgIpc) is 2.72. The van der Waals surface area contributed by atoms with E-state index in [0.29, 0.717) is 26.1 Å². The Kier molecular flexibility index (Phi) is 6.72. The van der Waals surface area contributed by atoms with Gasteiger partial charge in [-0.3, -0.25) is 4.79 Å². The topological polar surface area (TPSA) is 64.3 Å². The fraction of sp³-hybridized carbons (Fsp3) is 0.545. The van der Waals surface area contributed by atoms with Crippen LogP contribution in [0.2, 0.25) is 0 Å². The van der Waals surface area contributed by atoms with E-state index in [1.54, 1.807) is 11.3 Å². The molecule has 0 aromatic carbocycles. The minimum absolute atomic E-state index is 0.0292. The minimum atomic E-state index is -0.185. The van der Waals surface area contributed by atoms with E-state index >= 15 is 0 Å². The molecule has 4 nitrogen and oxygen atoms in total. The third kappa shape index (κ3) is 5.63. The summed E-state index contributed by atoms with van der Waals surface area (Å²) in [4.78, 5) is 12.7. The summed E-state index contributed by atoms with van der Waals surface area (Å²) in [5.74, 6) is -0.0292. The van der Waals surface area contributed by atoms with Gasteiger partial charge in [-0.15, -0.1) is 11.3 Å². The molecule has 0 aliphatic carbocycles.